The van der Waals surface area contributed by atoms with Crippen LogP contribution in [0.4, 0.5) is 0 Å². The quantitative estimate of drug-likeness (QED) is 0.143. The Balaban J connectivity index is 0.00000102. The summed E-state index contributed by atoms with van der Waals surface area (Å²) >= 11 is 0. The molecule has 1 amide bonds. The van der Waals surface area contributed by atoms with Crippen molar-refractivity contribution in [2.75, 3.05) is 33.7 Å². The second kappa shape index (κ2) is 18.4. The van der Waals surface area contributed by atoms with Crippen LogP contribution in [0.15, 0.2) is 53.0 Å². The lowest BCUT2D eigenvalue weighted by atomic mass is 9.96. The molecule has 0 saturated carbocycles. The Morgan fingerprint density at radius 3 is 1.89 bits per heavy atom. The van der Waals surface area contributed by atoms with Crippen LogP contribution in [-0.2, 0) is 16.0 Å². The number of aryl methyl sites for hydroxylation is 1. The minimum Gasteiger partial charge on any atom is -0.473 e. The SMILES string of the molecule is CCCCc1oc2ccc(C(=O)N(C)C)cc2c1C(=O)c1ccc(/C=C\CN(CCCC)CCCC)cc1.O=C(O)C(=O)O. The Hall–Kier alpha value is -4.24. The van der Waals surface area contributed by atoms with E-state index in [1.807, 2.05) is 24.3 Å². The molecule has 3 aromatic rings. The number of amides is 1. The second-order valence-corrected chi connectivity index (χ2v) is 10.9. The molecule has 3 rings (SSSR count). The molecule has 238 valence electrons. The van der Waals surface area contributed by atoms with E-state index >= 15 is 0 Å². The first kappa shape index (κ1) is 36.0. The van der Waals surface area contributed by atoms with E-state index in [0.29, 0.717) is 39.8 Å². The highest BCUT2D eigenvalue weighted by atomic mass is 16.4. The predicted octanol–water partition coefficient (Wildman–Crippen LogP) is 6.78. The van der Waals surface area contributed by atoms with Crippen molar-refractivity contribution in [2.24, 2.45) is 0 Å². The molecule has 2 N–H and O–H groups in total. The topological polar surface area (TPSA) is 128 Å². The van der Waals surface area contributed by atoms with Crippen LogP contribution < -0.4 is 0 Å². The van der Waals surface area contributed by atoms with Crippen LogP contribution in [0, 0.1) is 0 Å². The maximum Gasteiger partial charge on any atom is 0.414 e. The van der Waals surface area contributed by atoms with E-state index in [4.69, 9.17) is 24.2 Å². The van der Waals surface area contributed by atoms with Gasteiger partial charge in [-0.2, -0.15) is 0 Å². The molecule has 0 aliphatic carbocycles. The normalized spacial score (nSPS) is 11.0. The number of furan rings is 1. The molecule has 1 heterocycles. The molecule has 0 fully saturated rings. The van der Waals surface area contributed by atoms with Gasteiger partial charge in [0.25, 0.3) is 5.91 Å². The highest BCUT2D eigenvalue weighted by Gasteiger charge is 2.23. The van der Waals surface area contributed by atoms with Crippen LogP contribution >= 0.6 is 0 Å². The molecule has 0 bridgehead atoms. The van der Waals surface area contributed by atoms with Crippen molar-refractivity contribution < 1.29 is 33.8 Å². The van der Waals surface area contributed by atoms with Crippen LogP contribution in [0.5, 0.6) is 0 Å². The number of hydrogen-bond acceptors (Lipinski definition) is 6. The Labute approximate surface area is 260 Å². The lowest BCUT2D eigenvalue weighted by Gasteiger charge is -2.19. The Bertz CT molecular complexity index is 1400. The number of rotatable bonds is 15. The molecule has 0 aliphatic heterocycles. The number of hydrogen-bond donors (Lipinski definition) is 2. The van der Waals surface area contributed by atoms with Gasteiger partial charge in [0.1, 0.15) is 11.3 Å². The van der Waals surface area contributed by atoms with Gasteiger partial charge in [-0.1, -0.05) is 76.5 Å². The minimum absolute atomic E-state index is 0.0647. The van der Waals surface area contributed by atoms with E-state index in [1.54, 1.807) is 37.2 Å². The number of aliphatic carboxylic acids is 2. The van der Waals surface area contributed by atoms with E-state index in [0.717, 1.165) is 38.0 Å². The zero-order valence-electron chi connectivity index (χ0n) is 26.6. The van der Waals surface area contributed by atoms with E-state index in [1.165, 1.54) is 25.7 Å². The van der Waals surface area contributed by atoms with Gasteiger partial charge in [0.15, 0.2) is 5.78 Å². The van der Waals surface area contributed by atoms with Crippen molar-refractivity contribution in [3.63, 3.8) is 0 Å². The lowest BCUT2D eigenvalue weighted by molar-refractivity contribution is -0.159. The largest absolute Gasteiger partial charge is 0.473 e. The molecule has 0 radical (unpaired) electrons. The van der Waals surface area contributed by atoms with Crippen molar-refractivity contribution in [2.45, 2.75) is 65.7 Å². The van der Waals surface area contributed by atoms with Crippen LogP contribution in [0.3, 0.4) is 0 Å². The highest BCUT2D eigenvalue weighted by molar-refractivity contribution is 6.27. The van der Waals surface area contributed by atoms with Crippen molar-refractivity contribution in [1.29, 1.82) is 0 Å². The zero-order chi connectivity index (χ0) is 32.6. The number of unbranched alkanes of at least 4 members (excludes halogenated alkanes) is 3. The number of carbonyl (C=O) groups is 4. The van der Waals surface area contributed by atoms with Gasteiger partial charge in [-0.3, -0.25) is 14.5 Å². The molecule has 0 aliphatic rings. The summed E-state index contributed by atoms with van der Waals surface area (Å²) in [5.74, 6) is -3.11. The van der Waals surface area contributed by atoms with E-state index < -0.39 is 11.9 Å². The first-order chi connectivity index (χ1) is 21.0. The smallest absolute Gasteiger partial charge is 0.414 e. The van der Waals surface area contributed by atoms with Crippen molar-refractivity contribution in [3.8, 4) is 0 Å². The minimum atomic E-state index is -1.82. The van der Waals surface area contributed by atoms with E-state index in [2.05, 4.69) is 37.8 Å². The monoisotopic (exact) mass is 606 g/mol. The molecule has 2 aromatic carbocycles. The molecule has 0 spiro atoms. The lowest BCUT2D eigenvalue weighted by Crippen LogP contribution is -2.26. The third-order valence-corrected chi connectivity index (χ3v) is 7.08. The number of benzene rings is 2. The highest BCUT2D eigenvalue weighted by Crippen LogP contribution is 2.31. The summed E-state index contributed by atoms with van der Waals surface area (Å²) in [6.07, 6.45) is 11.9. The number of nitrogens with zero attached hydrogens (tertiary/aromatic N) is 2. The molecular weight excluding hydrogens is 560 g/mol. The average Bonchev–Trinajstić information content (AvgIpc) is 3.38. The summed E-state index contributed by atoms with van der Waals surface area (Å²) in [5, 5.41) is 15.5. The first-order valence-electron chi connectivity index (χ1n) is 15.3. The fourth-order valence-electron chi connectivity index (χ4n) is 4.59. The van der Waals surface area contributed by atoms with Crippen molar-refractivity contribution in [3.05, 3.63) is 76.6 Å². The summed E-state index contributed by atoms with van der Waals surface area (Å²) in [6, 6.07) is 13.2. The standard InChI is InChI=1S/C33H44N2O3.C2H2O4/c1-6-9-14-30-31(28-24-27(33(37)34(4)5)19-20-29(28)38-30)32(36)26-17-15-25(16-18-26)13-12-23-35(21-10-7-2)22-11-8-3;3-1(4)2(5)6/h12-13,15-20,24H,6-11,14,21-23H2,1-5H3;(H,3,4)(H,5,6)/b13-12-;. The Morgan fingerprint density at radius 2 is 1.36 bits per heavy atom. The van der Waals surface area contributed by atoms with Gasteiger partial charge in [0.05, 0.1) is 5.56 Å². The van der Waals surface area contributed by atoms with Gasteiger partial charge >= 0.3 is 11.9 Å². The van der Waals surface area contributed by atoms with Crippen molar-refractivity contribution in [1.82, 2.24) is 9.80 Å². The molecule has 9 heteroatoms. The fraction of sp³-hybridized carbons (Fsp3) is 0.429. The third kappa shape index (κ3) is 10.8. The summed E-state index contributed by atoms with van der Waals surface area (Å²) in [5.41, 5.74) is 3.47. The molecule has 44 heavy (non-hydrogen) atoms. The average molecular weight is 607 g/mol. The molecule has 0 unspecified atom stereocenters. The van der Waals surface area contributed by atoms with Gasteiger partial charge in [0, 0.05) is 43.6 Å². The molecule has 0 atom stereocenters. The molecule has 9 nitrogen and oxygen atoms in total. The van der Waals surface area contributed by atoms with Gasteiger partial charge in [0.2, 0.25) is 0 Å². The van der Waals surface area contributed by atoms with E-state index in [9.17, 15) is 9.59 Å². The Morgan fingerprint density at radius 1 is 0.795 bits per heavy atom. The van der Waals surface area contributed by atoms with Crippen LogP contribution in [-0.4, -0.2) is 77.4 Å². The summed E-state index contributed by atoms with van der Waals surface area (Å²) < 4.78 is 6.13. The third-order valence-electron chi connectivity index (χ3n) is 7.08. The van der Waals surface area contributed by atoms with Crippen LogP contribution in [0.1, 0.15) is 96.9 Å². The van der Waals surface area contributed by atoms with Gasteiger partial charge in [-0.15, -0.1) is 0 Å². The van der Waals surface area contributed by atoms with E-state index in [-0.39, 0.29) is 11.7 Å². The Kier molecular flexibility index (Phi) is 15.1. The van der Waals surface area contributed by atoms with Gasteiger partial charge in [-0.05, 0) is 56.1 Å². The maximum absolute atomic E-state index is 13.8. The van der Waals surface area contributed by atoms with Gasteiger partial charge in [-0.25, -0.2) is 9.59 Å². The molecule has 1 aromatic heterocycles. The summed E-state index contributed by atoms with van der Waals surface area (Å²) in [4.78, 5) is 48.6. The molecule has 0 saturated heterocycles. The number of carbonyl (C=O) groups excluding carboxylic acids is 2. The van der Waals surface area contributed by atoms with Gasteiger partial charge < -0.3 is 19.5 Å². The second-order valence-electron chi connectivity index (χ2n) is 10.9. The fourth-order valence-corrected chi connectivity index (χ4v) is 4.59. The zero-order valence-corrected chi connectivity index (χ0v) is 26.6. The first-order valence-corrected chi connectivity index (χ1v) is 15.3. The van der Waals surface area contributed by atoms with Crippen LogP contribution in [0.25, 0.3) is 17.0 Å². The number of carboxylic acids is 2. The summed E-state index contributed by atoms with van der Waals surface area (Å²) in [6.45, 7) is 9.80. The number of carboxylic acid groups (broad SMARTS) is 2. The summed E-state index contributed by atoms with van der Waals surface area (Å²) in [7, 11) is 3.45. The maximum atomic E-state index is 13.8. The number of ketones is 1. The molecular formula is C35H46N2O7. The van der Waals surface area contributed by atoms with Crippen LogP contribution in [0.2, 0.25) is 0 Å². The number of fused-ring (bicyclic) bond motifs is 1. The van der Waals surface area contributed by atoms with Crippen molar-refractivity contribution >= 4 is 40.7 Å². The predicted molar refractivity (Wildman–Crippen MR) is 173 cm³/mol.